The van der Waals surface area contributed by atoms with Crippen molar-refractivity contribution in [3.63, 3.8) is 0 Å². The molecule has 1 saturated heterocycles. The highest BCUT2D eigenvalue weighted by Gasteiger charge is 2.41. The van der Waals surface area contributed by atoms with Crippen LogP contribution in [0.4, 0.5) is 8.78 Å². The first-order chi connectivity index (χ1) is 17.8. The largest absolute Gasteiger partial charge is 0.330 e. The number of fused-ring (bicyclic) bond motifs is 1. The monoisotopic (exact) mass is 546 g/mol. The number of ketones is 1. The lowest BCUT2D eigenvalue weighted by Gasteiger charge is -2.29. The van der Waals surface area contributed by atoms with Crippen molar-refractivity contribution < 1.29 is 36.4 Å². The lowest BCUT2D eigenvalue weighted by atomic mass is 9.96. The number of carbonyl (C=O) groups excluding carboxylic acids is 4. The second-order valence-electron chi connectivity index (χ2n) is 9.82. The van der Waals surface area contributed by atoms with E-state index in [1.165, 1.54) is 23.1 Å². The molecular formula is C27H28F2N2O6S. The summed E-state index contributed by atoms with van der Waals surface area (Å²) >= 11 is 0. The second-order valence-corrected chi connectivity index (χ2v) is 12.1. The number of halogens is 2. The molecule has 0 aliphatic carbocycles. The fourth-order valence-electron chi connectivity index (χ4n) is 4.82. The van der Waals surface area contributed by atoms with Crippen molar-refractivity contribution in [1.82, 2.24) is 10.2 Å². The van der Waals surface area contributed by atoms with Crippen LogP contribution in [0.15, 0.2) is 42.5 Å². The Hall–Kier alpha value is -3.47. The van der Waals surface area contributed by atoms with E-state index >= 15 is 0 Å². The minimum absolute atomic E-state index is 0.0440. The molecule has 2 aliphatic heterocycles. The number of nitrogens with zero attached hydrogens (tertiary/aromatic N) is 1. The van der Waals surface area contributed by atoms with Crippen molar-refractivity contribution in [3.8, 4) is 0 Å². The van der Waals surface area contributed by atoms with Crippen LogP contribution in [0, 0.1) is 0 Å². The van der Waals surface area contributed by atoms with Gasteiger partial charge in [0.2, 0.25) is 17.6 Å². The van der Waals surface area contributed by atoms with Crippen LogP contribution in [0.5, 0.6) is 0 Å². The molecule has 0 saturated carbocycles. The van der Waals surface area contributed by atoms with Crippen LogP contribution in [-0.2, 0) is 49.5 Å². The van der Waals surface area contributed by atoms with Crippen LogP contribution in [0.25, 0.3) is 0 Å². The van der Waals surface area contributed by atoms with Crippen LogP contribution in [0.1, 0.15) is 58.3 Å². The van der Waals surface area contributed by atoms with Crippen molar-refractivity contribution >= 4 is 33.3 Å². The standard InChI is InChI=1S/C27H28F2N2O6S/c1-38(36,37)13-3-5-17-4-2-6-20(15-17)27(28,29)23(32)11-8-18-7-9-21-19(14-18)16-31(26(21)35)22-10-12-24(33)30-25(22)34/h2,4,6-7,9,14-15,22H,3,5,8,10-13,16H2,1H3,(H,30,33,34). The minimum atomic E-state index is -3.71. The molecule has 3 amide bonds. The third kappa shape index (κ3) is 6.15. The average molecular weight is 547 g/mol. The average Bonchev–Trinajstić information content (AvgIpc) is 3.17. The summed E-state index contributed by atoms with van der Waals surface area (Å²) in [5, 5.41) is 2.24. The highest BCUT2D eigenvalue weighted by molar-refractivity contribution is 7.90. The first-order valence-corrected chi connectivity index (χ1v) is 14.4. The SMILES string of the molecule is CS(=O)(=O)CCCc1cccc(C(F)(F)C(=O)CCc2ccc3c(c2)CN(C2CCC(=O)NC2=O)C3=O)c1. The smallest absolute Gasteiger partial charge is 0.322 e. The van der Waals surface area contributed by atoms with Gasteiger partial charge in [0.1, 0.15) is 15.9 Å². The van der Waals surface area contributed by atoms with Gasteiger partial charge in [0.15, 0.2) is 0 Å². The molecule has 1 unspecified atom stereocenters. The predicted molar refractivity (Wildman–Crippen MR) is 134 cm³/mol. The number of Topliss-reactive ketones (excluding diaryl/α,β-unsaturated/α-hetero) is 1. The van der Waals surface area contributed by atoms with Gasteiger partial charge in [-0.3, -0.25) is 24.5 Å². The highest BCUT2D eigenvalue weighted by atomic mass is 32.2. The zero-order valence-corrected chi connectivity index (χ0v) is 21.7. The van der Waals surface area contributed by atoms with E-state index < -0.39 is 45.5 Å². The molecule has 38 heavy (non-hydrogen) atoms. The lowest BCUT2D eigenvalue weighted by Crippen LogP contribution is -2.52. The number of nitrogens with one attached hydrogen (secondary N) is 1. The number of hydrogen-bond donors (Lipinski definition) is 1. The van der Waals surface area contributed by atoms with E-state index in [2.05, 4.69) is 5.32 Å². The van der Waals surface area contributed by atoms with Gasteiger partial charge in [-0.05, 0) is 54.5 Å². The normalized spacial score (nSPS) is 17.9. The van der Waals surface area contributed by atoms with Gasteiger partial charge in [-0.1, -0.05) is 30.3 Å². The van der Waals surface area contributed by atoms with E-state index in [-0.39, 0.29) is 43.4 Å². The molecule has 2 aromatic carbocycles. The zero-order chi connectivity index (χ0) is 27.7. The fourth-order valence-corrected chi connectivity index (χ4v) is 5.49. The number of carbonyl (C=O) groups is 4. The van der Waals surface area contributed by atoms with Crippen molar-refractivity contribution in [2.45, 2.75) is 57.0 Å². The van der Waals surface area contributed by atoms with Crippen molar-refractivity contribution in [3.05, 3.63) is 70.3 Å². The summed E-state index contributed by atoms with van der Waals surface area (Å²) in [7, 11) is -3.15. The maximum absolute atomic E-state index is 15.0. The predicted octanol–water partition coefficient (Wildman–Crippen LogP) is 2.72. The Labute approximate surface area is 219 Å². The van der Waals surface area contributed by atoms with Gasteiger partial charge in [0.05, 0.1) is 5.75 Å². The van der Waals surface area contributed by atoms with E-state index in [1.807, 2.05) is 0 Å². The molecule has 0 aromatic heterocycles. The Balaban J connectivity index is 1.38. The van der Waals surface area contributed by atoms with Gasteiger partial charge < -0.3 is 4.90 Å². The maximum atomic E-state index is 15.0. The summed E-state index contributed by atoms with van der Waals surface area (Å²) in [6.07, 6.45) is 1.71. The topological polar surface area (TPSA) is 118 Å². The Morgan fingerprint density at radius 2 is 1.82 bits per heavy atom. The Kier molecular flexibility index (Phi) is 7.78. The first kappa shape index (κ1) is 27.6. The summed E-state index contributed by atoms with van der Waals surface area (Å²) in [5.41, 5.74) is 1.75. The van der Waals surface area contributed by atoms with E-state index in [0.29, 0.717) is 35.1 Å². The third-order valence-electron chi connectivity index (χ3n) is 6.85. The van der Waals surface area contributed by atoms with Gasteiger partial charge in [-0.2, -0.15) is 8.78 Å². The number of piperidine rings is 1. The molecule has 2 aliphatic rings. The molecule has 0 spiro atoms. The Morgan fingerprint density at radius 1 is 1.08 bits per heavy atom. The first-order valence-electron chi connectivity index (χ1n) is 12.3. The summed E-state index contributed by atoms with van der Waals surface area (Å²) in [4.78, 5) is 50.4. The van der Waals surface area contributed by atoms with Gasteiger partial charge >= 0.3 is 5.92 Å². The molecule has 4 rings (SSSR count). The van der Waals surface area contributed by atoms with Crippen LogP contribution < -0.4 is 5.32 Å². The van der Waals surface area contributed by atoms with Crippen LogP contribution in [-0.4, -0.2) is 54.9 Å². The quantitative estimate of drug-likeness (QED) is 0.458. The number of rotatable bonds is 10. The highest BCUT2D eigenvalue weighted by Crippen LogP contribution is 2.32. The molecule has 1 fully saturated rings. The zero-order valence-electron chi connectivity index (χ0n) is 20.8. The maximum Gasteiger partial charge on any atom is 0.330 e. The molecule has 11 heteroatoms. The molecule has 0 radical (unpaired) electrons. The fraction of sp³-hybridized carbons (Fsp3) is 0.407. The van der Waals surface area contributed by atoms with Gasteiger partial charge in [0.25, 0.3) is 5.91 Å². The Bertz CT molecular complexity index is 1410. The molecule has 1 N–H and O–H groups in total. The van der Waals surface area contributed by atoms with E-state index in [1.54, 1.807) is 24.3 Å². The lowest BCUT2D eigenvalue weighted by molar-refractivity contribution is -0.144. The molecule has 8 nitrogen and oxygen atoms in total. The van der Waals surface area contributed by atoms with Gasteiger partial charge in [0, 0.05) is 36.8 Å². The number of aryl methyl sites for hydroxylation is 2. The van der Waals surface area contributed by atoms with E-state index in [4.69, 9.17) is 0 Å². The van der Waals surface area contributed by atoms with Crippen molar-refractivity contribution in [2.24, 2.45) is 0 Å². The van der Waals surface area contributed by atoms with Crippen molar-refractivity contribution in [2.75, 3.05) is 12.0 Å². The molecule has 1 atom stereocenters. The number of imide groups is 1. The summed E-state index contributed by atoms with van der Waals surface area (Å²) < 4.78 is 52.6. The van der Waals surface area contributed by atoms with Gasteiger partial charge in [-0.15, -0.1) is 0 Å². The van der Waals surface area contributed by atoms with E-state index in [0.717, 1.165) is 6.26 Å². The number of alkyl halides is 2. The van der Waals surface area contributed by atoms with Crippen molar-refractivity contribution in [1.29, 1.82) is 0 Å². The summed E-state index contributed by atoms with van der Waals surface area (Å²) in [5.74, 6) is -6.23. The molecular weight excluding hydrogens is 518 g/mol. The summed E-state index contributed by atoms with van der Waals surface area (Å²) in [6, 6.07) is 9.59. The number of benzene rings is 2. The Morgan fingerprint density at radius 3 is 2.53 bits per heavy atom. The molecule has 2 heterocycles. The van der Waals surface area contributed by atoms with Crippen LogP contribution >= 0.6 is 0 Å². The molecule has 202 valence electrons. The third-order valence-corrected chi connectivity index (χ3v) is 7.88. The van der Waals surface area contributed by atoms with E-state index in [9.17, 15) is 36.4 Å². The molecule has 2 aromatic rings. The molecule has 0 bridgehead atoms. The van der Waals surface area contributed by atoms with Gasteiger partial charge in [-0.25, -0.2) is 8.42 Å². The van der Waals surface area contributed by atoms with Crippen LogP contribution in [0.2, 0.25) is 0 Å². The number of sulfone groups is 1. The van der Waals surface area contributed by atoms with Crippen LogP contribution in [0.3, 0.4) is 0 Å². The second kappa shape index (κ2) is 10.7. The number of hydrogen-bond acceptors (Lipinski definition) is 6. The summed E-state index contributed by atoms with van der Waals surface area (Å²) in [6.45, 7) is 0.157. The number of amides is 3. The minimum Gasteiger partial charge on any atom is -0.322 e.